The summed E-state index contributed by atoms with van der Waals surface area (Å²) in [6.07, 6.45) is 9.68. The second kappa shape index (κ2) is 6.41. The molecule has 1 heterocycles. The molecule has 1 N–H and O–H groups in total. The van der Waals surface area contributed by atoms with Crippen LogP contribution in [-0.2, 0) is 6.54 Å². The third-order valence-corrected chi connectivity index (χ3v) is 4.72. The Hall–Kier alpha value is -0.540. The molecule has 1 aliphatic carbocycles. The first-order valence-corrected chi connectivity index (χ1v) is 7.76. The molecule has 2 rings (SSSR count). The van der Waals surface area contributed by atoms with Crippen LogP contribution in [0.2, 0.25) is 0 Å². The van der Waals surface area contributed by atoms with Crippen molar-refractivity contribution in [3.8, 4) is 0 Å². The van der Waals surface area contributed by atoms with Crippen LogP contribution < -0.4 is 5.32 Å². The van der Waals surface area contributed by atoms with Gasteiger partial charge >= 0.3 is 0 Å². The van der Waals surface area contributed by atoms with E-state index in [1.165, 1.54) is 31.2 Å². The second-order valence-electron chi connectivity index (χ2n) is 4.85. The summed E-state index contributed by atoms with van der Waals surface area (Å²) in [6.45, 7) is 2.98. The van der Waals surface area contributed by atoms with Crippen LogP contribution in [0.4, 0.5) is 0 Å². The van der Waals surface area contributed by atoms with E-state index in [-0.39, 0.29) is 0 Å². The van der Waals surface area contributed by atoms with Crippen LogP contribution in [0.5, 0.6) is 0 Å². The highest BCUT2D eigenvalue weighted by molar-refractivity contribution is 7.99. The molecule has 1 aromatic rings. The largest absolute Gasteiger partial charge is 0.309 e. The minimum Gasteiger partial charge on any atom is -0.309 e. The third kappa shape index (κ3) is 3.71. The average molecular weight is 250 g/mol. The zero-order valence-corrected chi connectivity index (χ0v) is 11.6. The minimum absolute atomic E-state index is 0.681. The van der Waals surface area contributed by atoms with Gasteiger partial charge in [-0.05, 0) is 37.7 Å². The summed E-state index contributed by atoms with van der Waals surface area (Å²) in [4.78, 5) is 4.34. The van der Waals surface area contributed by atoms with Gasteiger partial charge in [0.1, 0.15) is 0 Å². The normalized spacial score (nSPS) is 24.8. The van der Waals surface area contributed by atoms with Crippen LogP contribution in [0, 0.1) is 6.92 Å². The van der Waals surface area contributed by atoms with Crippen molar-refractivity contribution in [2.75, 3.05) is 6.26 Å². The standard InChI is InChI=1S/C14H22N2S/c1-11-7-8-12(9-15-11)10-16-13-5-3-4-6-14(13)17-2/h7-9,13-14,16H,3-6,10H2,1-2H3. The van der Waals surface area contributed by atoms with Crippen molar-refractivity contribution in [1.29, 1.82) is 0 Å². The molecule has 0 aromatic carbocycles. The molecule has 0 spiro atoms. The number of pyridine rings is 1. The van der Waals surface area contributed by atoms with Gasteiger partial charge in [0.25, 0.3) is 0 Å². The fourth-order valence-electron chi connectivity index (χ4n) is 2.46. The van der Waals surface area contributed by atoms with Gasteiger partial charge in [-0.3, -0.25) is 4.98 Å². The van der Waals surface area contributed by atoms with Crippen molar-refractivity contribution in [3.05, 3.63) is 29.6 Å². The molecule has 1 aromatic heterocycles. The first-order valence-electron chi connectivity index (χ1n) is 6.47. The summed E-state index contributed by atoms with van der Waals surface area (Å²) >= 11 is 2.01. The fraction of sp³-hybridized carbons (Fsp3) is 0.643. The zero-order chi connectivity index (χ0) is 12.1. The Labute approximate surface area is 109 Å². The molecular formula is C14H22N2S. The van der Waals surface area contributed by atoms with E-state index in [0.29, 0.717) is 6.04 Å². The average Bonchev–Trinajstić information content (AvgIpc) is 2.38. The number of aromatic nitrogens is 1. The van der Waals surface area contributed by atoms with Crippen LogP contribution in [0.25, 0.3) is 0 Å². The number of rotatable bonds is 4. The Morgan fingerprint density at radius 1 is 1.35 bits per heavy atom. The van der Waals surface area contributed by atoms with Crippen molar-refractivity contribution < 1.29 is 0 Å². The van der Waals surface area contributed by atoms with Crippen molar-refractivity contribution in [1.82, 2.24) is 10.3 Å². The molecule has 0 saturated heterocycles. The van der Waals surface area contributed by atoms with Gasteiger partial charge in [-0.15, -0.1) is 0 Å². The molecular weight excluding hydrogens is 228 g/mol. The molecule has 2 atom stereocenters. The molecule has 0 radical (unpaired) electrons. The van der Waals surface area contributed by atoms with Gasteiger partial charge in [-0.1, -0.05) is 18.9 Å². The summed E-state index contributed by atoms with van der Waals surface area (Å²) in [5, 5.41) is 4.49. The van der Waals surface area contributed by atoms with Crippen molar-refractivity contribution in [2.24, 2.45) is 0 Å². The quantitative estimate of drug-likeness (QED) is 0.888. The highest BCUT2D eigenvalue weighted by Gasteiger charge is 2.23. The molecule has 1 saturated carbocycles. The van der Waals surface area contributed by atoms with Gasteiger partial charge in [-0.2, -0.15) is 11.8 Å². The lowest BCUT2D eigenvalue weighted by Crippen LogP contribution is -2.39. The van der Waals surface area contributed by atoms with Crippen molar-refractivity contribution >= 4 is 11.8 Å². The number of hydrogen-bond acceptors (Lipinski definition) is 3. The Kier molecular flexibility index (Phi) is 4.86. The molecule has 94 valence electrons. The molecule has 1 aliphatic rings. The summed E-state index contributed by atoms with van der Waals surface area (Å²) in [6, 6.07) is 4.94. The first-order chi connectivity index (χ1) is 8.29. The minimum atomic E-state index is 0.681. The number of nitrogens with one attached hydrogen (secondary N) is 1. The van der Waals surface area contributed by atoms with E-state index in [9.17, 15) is 0 Å². The Morgan fingerprint density at radius 2 is 2.18 bits per heavy atom. The van der Waals surface area contributed by atoms with Crippen LogP contribution in [0.15, 0.2) is 18.3 Å². The van der Waals surface area contributed by atoms with Gasteiger partial charge < -0.3 is 5.32 Å². The molecule has 2 unspecified atom stereocenters. The van der Waals surface area contributed by atoms with E-state index in [1.807, 2.05) is 24.9 Å². The summed E-state index contributed by atoms with van der Waals surface area (Å²) in [7, 11) is 0. The zero-order valence-electron chi connectivity index (χ0n) is 10.8. The van der Waals surface area contributed by atoms with E-state index in [2.05, 4.69) is 28.7 Å². The van der Waals surface area contributed by atoms with Crippen LogP contribution in [-0.4, -0.2) is 22.5 Å². The lowest BCUT2D eigenvalue weighted by molar-refractivity contribution is 0.383. The maximum atomic E-state index is 4.34. The van der Waals surface area contributed by atoms with E-state index >= 15 is 0 Å². The number of hydrogen-bond donors (Lipinski definition) is 1. The highest BCUT2D eigenvalue weighted by Crippen LogP contribution is 2.27. The van der Waals surface area contributed by atoms with Crippen LogP contribution in [0.3, 0.4) is 0 Å². The van der Waals surface area contributed by atoms with Gasteiger partial charge in [0.15, 0.2) is 0 Å². The van der Waals surface area contributed by atoms with Gasteiger partial charge in [-0.25, -0.2) is 0 Å². The molecule has 3 heteroatoms. The van der Waals surface area contributed by atoms with Gasteiger partial charge in [0.2, 0.25) is 0 Å². The van der Waals surface area contributed by atoms with Crippen molar-refractivity contribution in [2.45, 2.75) is 50.4 Å². The molecule has 2 nitrogen and oxygen atoms in total. The van der Waals surface area contributed by atoms with Crippen LogP contribution >= 0.6 is 11.8 Å². The molecule has 0 aliphatic heterocycles. The SMILES string of the molecule is CSC1CCCCC1NCc1ccc(C)nc1. The van der Waals surface area contributed by atoms with E-state index in [1.54, 1.807) is 0 Å². The van der Waals surface area contributed by atoms with Gasteiger partial charge in [0.05, 0.1) is 0 Å². The van der Waals surface area contributed by atoms with Gasteiger partial charge in [0, 0.05) is 29.7 Å². The fourth-order valence-corrected chi connectivity index (χ4v) is 3.43. The molecule has 0 bridgehead atoms. The third-order valence-electron chi connectivity index (χ3n) is 3.55. The topological polar surface area (TPSA) is 24.9 Å². The smallest absolute Gasteiger partial charge is 0.0372 e. The predicted octanol–water partition coefficient (Wildman–Crippen LogP) is 3.15. The van der Waals surface area contributed by atoms with E-state index in [0.717, 1.165) is 17.5 Å². The Balaban J connectivity index is 1.86. The lowest BCUT2D eigenvalue weighted by Gasteiger charge is -2.31. The van der Waals surface area contributed by atoms with Crippen LogP contribution in [0.1, 0.15) is 36.9 Å². The van der Waals surface area contributed by atoms with Crippen molar-refractivity contribution in [3.63, 3.8) is 0 Å². The summed E-state index contributed by atoms with van der Waals surface area (Å²) in [5.74, 6) is 0. The van der Waals surface area contributed by atoms with E-state index in [4.69, 9.17) is 0 Å². The molecule has 1 fully saturated rings. The molecule has 17 heavy (non-hydrogen) atoms. The number of aryl methyl sites for hydroxylation is 1. The first kappa shape index (κ1) is 12.9. The van der Waals surface area contributed by atoms with E-state index < -0.39 is 0 Å². The monoisotopic (exact) mass is 250 g/mol. The number of thioether (sulfide) groups is 1. The molecule has 0 amide bonds. The summed E-state index contributed by atoms with van der Waals surface area (Å²) in [5.41, 5.74) is 2.38. The lowest BCUT2D eigenvalue weighted by atomic mass is 9.94. The summed E-state index contributed by atoms with van der Waals surface area (Å²) < 4.78 is 0. The predicted molar refractivity (Wildman–Crippen MR) is 75.4 cm³/mol. The Bertz CT molecular complexity index is 337. The maximum Gasteiger partial charge on any atom is 0.0372 e. The highest BCUT2D eigenvalue weighted by atomic mass is 32.2. The number of nitrogens with zero attached hydrogens (tertiary/aromatic N) is 1. The second-order valence-corrected chi connectivity index (χ2v) is 5.93. The maximum absolute atomic E-state index is 4.34. The Morgan fingerprint density at radius 3 is 2.88 bits per heavy atom.